The number of carbonyl (C=O) groups is 1. The lowest BCUT2D eigenvalue weighted by molar-refractivity contribution is 0.0949. The number of ether oxygens (including phenoxy) is 1. The monoisotopic (exact) mass is 373 g/mol. The first-order valence-corrected chi connectivity index (χ1v) is 8.85. The highest BCUT2D eigenvalue weighted by molar-refractivity contribution is 5.94. The van der Waals surface area contributed by atoms with Crippen LogP contribution in [0.4, 0.5) is 0 Å². The Balaban J connectivity index is 1.54. The maximum absolute atomic E-state index is 12.4. The number of aryl methyl sites for hydroxylation is 1. The van der Waals surface area contributed by atoms with E-state index < -0.39 is 0 Å². The summed E-state index contributed by atoms with van der Waals surface area (Å²) in [7, 11) is 1.59. The fourth-order valence-electron chi connectivity index (χ4n) is 2.83. The first kappa shape index (κ1) is 17.7. The molecule has 7 nitrogen and oxygen atoms in total. The molecule has 4 rings (SSSR count). The minimum absolute atomic E-state index is 0.200. The molecule has 140 valence electrons. The smallest absolute Gasteiger partial charge is 0.251 e. The molecule has 0 atom stereocenters. The van der Waals surface area contributed by atoms with E-state index in [1.165, 1.54) is 5.56 Å². The van der Waals surface area contributed by atoms with Gasteiger partial charge in [-0.05, 0) is 43.3 Å². The van der Waals surface area contributed by atoms with E-state index in [9.17, 15) is 4.79 Å². The summed E-state index contributed by atoms with van der Waals surface area (Å²) in [6, 6.07) is 18.8. The Bertz CT molecular complexity index is 1120. The van der Waals surface area contributed by atoms with Crippen LogP contribution in [-0.4, -0.2) is 32.8 Å². The summed E-state index contributed by atoms with van der Waals surface area (Å²) in [6.45, 7) is 2.26. The van der Waals surface area contributed by atoms with Crippen LogP contribution >= 0.6 is 0 Å². The van der Waals surface area contributed by atoms with E-state index in [-0.39, 0.29) is 12.5 Å². The Morgan fingerprint density at radius 1 is 1.00 bits per heavy atom. The molecule has 0 bridgehead atoms. The van der Waals surface area contributed by atoms with Gasteiger partial charge in [-0.2, -0.15) is 9.61 Å². The Kier molecular flexibility index (Phi) is 4.72. The SMILES string of the molecule is COc1ccc(C(=O)NCc2nnc3ccc(-c4ccc(C)cc4)nn23)cc1. The summed E-state index contributed by atoms with van der Waals surface area (Å²) in [4.78, 5) is 12.4. The Morgan fingerprint density at radius 3 is 2.46 bits per heavy atom. The van der Waals surface area contributed by atoms with Crippen LogP contribution in [0.2, 0.25) is 0 Å². The van der Waals surface area contributed by atoms with E-state index in [1.807, 2.05) is 43.3 Å². The molecule has 0 unspecified atom stereocenters. The van der Waals surface area contributed by atoms with Crippen molar-refractivity contribution in [3.05, 3.63) is 77.6 Å². The second kappa shape index (κ2) is 7.48. The van der Waals surface area contributed by atoms with Crippen LogP contribution in [0.3, 0.4) is 0 Å². The van der Waals surface area contributed by atoms with E-state index >= 15 is 0 Å². The maximum atomic E-state index is 12.4. The number of fused-ring (bicyclic) bond motifs is 1. The molecule has 1 N–H and O–H groups in total. The molecule has 0 aliphatic heterocycles. The lowest BCUT2D eigenvalue weighted by atomic mass is 10.1. The standard InChI is InChI=1S/C21H19N5O2/c1-14-3-5-15(6-4-14)18-11-12-19-23-24-20(26(19)25-18)13-22-21(27)16-7-9-17(28-2)10-8-16/h3-12H,13H2,1-2H3,(H,22,27). The number of methoxy groups -OCH3 is 1. The molecule has 2 aromatic heterocycles. The first-order chi connectivity index (χ1) is 13.6. The van der Waals surface area contributed by atoms with E-state index in [0.29, 0.717) is 22.8 Å². The molecule has 0 aliphatic carbocycles. The summed E-state index contributed by atoms with van der Waals surface area (Å²) < 4.78 is 6.76. The third kappa shape index (κ3) is 3.55. The predicted octanol–water partition coefficient (Wildman–Crippen LogP) is 3.04. The van der Waals surface area contributed by atoms with Crippen molar-refractivity contribution < 1.29 is 9.53 Å². The highest BCUT2D eigenvalue weighted by Crippen LogP contribution is 2.18. The zero-order valence-electron chi connectivity index (χ0n) is 15.6. The van der Waals surface area contributed by atoms with Crippen molar-refractivity contribution in [1.29, 1.82) is 0 Å². The summed E-state index contributed by atoms with van der Waals surface area (Å²) in [5.41, 5.74) is 4.19. The maximum Gasteiger partial charge on any atom is 0.251 e. The highest BCUT2D eigenvalue weighted by Gasteiger charge is 2.11. The normalized spacial score (nSPS) is 10.8. The molecule has 2 heterocycles. The van der Waals surface area contributed by atoms with Crippen LogP contribution in [0.5, 0.6) is 5.75 Å². The van der Waals surface area contributed by atoms with Gasteiger partial charge in [0.05, 0.1) is 19.3 Å². The van der Waals surface area contributed by atoms with Crippen LogP contribution < -0.4 is 10.1 Å². The molecular weight excluding hydrogens is 354 g/mol. The zero-order valence-corrected chi connectivity index (χ0v) is 15.6. The Labute approximate surface area is 162 Å². The number of nitrogens with zero attached hydrogens (tertiary/aromatic N) is 4. The molecule has 0 radical (unpaired) electrons. The summed E-state index contributed by atoms with van der Waals surface area (Å²) >= 11 is 0. The van der Waals surface area contributed by atoms with Crippen molar-refractivity contribution in [2.24, 2.45) is 0 Å². The molecule has 0 spiro atoms. The molecule has 1 amide bonds. The van der Waals surface area contributed by atoms with Crippen molar-refractivity contribution in [2.75, 3.05) is 7.11 Å². The second-order valence-electron chi connectivity index (χ2n) is 6.38. The molecule has 28 heavy (non-hydrogen) atoms. The summed E-state index contributed by atoms with van der Waals surface area (Å²) in [5, 5.41) is 15.8. The van der Waals surface area contributed by atoms with Crippen LogP contribution in [0, 0.1) is 6.92 Å². The molecular formula is C21H19N5O2. The van der Waals surface area contributed by atoms with Crippen molar-refractivity contribution >= 4 is 11.6 Å². The van der Waals surface area contributed by atoms with Gasteiger partial charge < -0.3 is 10.1 Å². The number of aromatic nitrogens is 4. The third-order valence-corrected chi connectivity index (χ3v) is 4.43. The number of amides is 1. The fourth-order valence-corrected chi connectivity index (χ4v) is 2.83. The fraction of sp³-hybridized carbons (Fsp3) is 0.143. The predicted molar refractivity (Wildman–Crippen MR) is 105 cm³/mol. The minimum atomic E-state index is -0.200. The van der Waals surface area contributed by atoms with Gasteiger partial charge in [-0.15, -0.1) is 10.2 Å². The molecule has 2 aromatic carbocycles. The van der Waals surface area contributed by atoms with Crippen molar-refractivity contribution in [1.82, 2.24) is 25.1 Å². The lowest BCUT2D eigenvalue weighted by Gasteiger charge is -2.06. The number of rotatable bonds is 5. The van der Waals surface area contributed by atoms with Gasteiger partial charge >= 0.3 is 0 Å². The van der Waals surface area contributed by atoms with E-state index in [0.717, 1.165) is 11.3 Å². The van der Waals surface area contributed by atoms with Crippen molar-refractivity contribution in [2.45, 2.75) is 13.5 Å². The zero-order chi connectivity index (χ0) is 19.5. The van der Waals surface area contributed by atoms with Gasteiger partial charge in [-0.25, -0.2) is 0 Å². The summed E-state index contributed by atoms with van der Waals surface area (Å²) in [5.74, 6) is 1.06. The van der Waals surface area contributed by atoms with Crippen molar-refractivity contribution in [3.63, 3.8) is 0 Å². The largest absolute Gasteiger partial charge is 0.497 e. The molecule has 0 saturated heterocycles. The number of benzene rings is 2. The van der Waals surface area contributed by atoms with Gasteiger partial charge in [0.15, 0.2) is 11.5 Å². The molecule has 7 heteroatoms. The van der Waals surface area contributed by atoms with Gasteiger partial charge in [-0.3, -0.25) is 4.79 Å². The van der Waals surface area contributed by atoms with Gasteiger partial charge in [0.1, 0.15) is 5.75 Å². The van der Waals surface area contributed by atoms with E-state index in [4.69, 9.17) is 4.74 Å². The molecule has 0 aliphatic rings. The lowest BCUT2D eigenvalue weighted by Crippen LogP contribution is -2.24. The first-order valence-electron chi connectivity index (χ1n) is 8.85. The average Bonchev–Trinajstić information content (AvgIpc) is 3.15. The minimum Gasteiger partial charge on any atom is -0.497 e. The van der Waals surface area contributed by atoms with E-state index in [1.54, 1.807) is 35.9 Å². The molecule has 0 saturated carbocycles. The van der Waals surface area contributed by atoms with Crippen LogP contribution in [-0.2, 0) is 6.54 Å². The third-order valence-electron chi connectivity index (χ3n) is 4.43. The van der Waals surface area contributed by atoms with Gasteiger partial charge in [0, 0.05) is 11.1 Å². The molecule has 4 aromatic rings. The average molecular weight is 373 g/mol. The second-order valence-corrected chi connectivity index (χ2v) is 6.38. The molecule has 0 fully saturated rings. The Hall–Kier alpha value is -3.74. The highest BCUT2D eigenvalue weighted by atomic mass is 16.5. The van der Waals surface area contributed by atoms with Crippen LogP contribution in [0.15, 0.2) is 60.7 Å². The quantitative estimate of drug-likeness (QED) is 0.581. The van der Waals surface area contributed by atoms with Crippen LogP contribution in [0.25, 0.3) is 16.9 Å². The number of hydrogen-bond donors (Lipinski definition) is 1. The number of nitrogens with one attached hydrogen (secondary N) is 1. The van der Waals surface area contributed by atoms with Gasteiger partial charge in [0.25, 0.3) is 5.91 Å². The van der Waals surface area contributed by atoms with Crippen LogP contribution in [0.1, 0.15) is 21.7 Å². The van der Waals surface area contributed by atoms with Gasteiger partial charge in [0.2, 0.25) is 0 Å². The van der Waals surface area contributed by atoms with Crippen molar-refractivity contribution in [3.8, 4) is 17.0 Å². The Morgan fingerprint density at radius 2 is 1.75 bits per heavy atom. The number of carbonyl (C=O) groups excluding carboxylic acids is 1. The van der Waals surface area contributed by atoms with Gasteiger partial charge in [-0.1, -0.05) is 29.8 Å². The topological polar surface area (TPSA) is 81.4 Å². The van der Waals surface area contributed by atoms with E-state index in [2.05, 4.69) is 20.6 Å². The summed E-state index contributed by atoms with van der Waals surface area (Å²) in [6.07, 6.45) is 0. The number of hydrogen-bond acceptors (Lipinski definition) is 5.